The molecule has 1 aliphatic rings. The fraction of sp³-hybridized carbons (Fsp3) is 0.280. The highest BCUT2D eigenvalue weighted by Gasteiger charge is 2.33. The molecule has 1 atom stereocenters. The number of hydrogen-bond acceptors (Lipinski definition) is 5. The first kappa shape index (κ1) is 20.7. The topological polar surface area (TPSA) is 69.0 Å². The molecule has 0 radical (unpaired) electrons. The molecule has 1 aromatic heterocycles. The van der Waals surface area contributed by atoms with Crippen molar-refractivity contribution < 1.29 is 23.5 Å². The highest BCUT2D eigenvalue weighted by molar-refractivity contribution is 5.94. The van der Waals surface area contributed by atoms with E-state index >= 15 is 0 Å². The molecule has 0 spiro atoms. The number of amides is 1. The van der Waals surface area contributed by atoms with Crippen LogP contribution in [0.25, 0.3) is 17.0 Å². The van der Waals surface area contributed by atoms with Crippen LogP contribution in [-0.2, 0) is 9.53 Å². The predicted octanol–water partition coefficient (Wildman–Crippen LogP) is 6.12. The fourth-order valence-corrected chi connectivity index (χ4v) is 3.42. The molecule has 160 valence electrons. The number of hydrogen-bond donors (Lipinski definition) is 0. The molecule has 1 amide bonds. The van der Waals surface area contributed by atoms with Crippen molar-refractivity contribution in [2.75, 3.05) is 11.5 Å². The van der Waals surface area contributed by atoms with Crippen molar-refractivity contribution in [3.8, 4) is 5.75 Å². The number of anilines is 1. The molecule has 0 saturated heterocycles. The highest BCUT2D eigenvalue weighted by atomic mass is 16.6. The van der Waals surface area contributed by atoms with Gasteiger partial charge in [-0.15, -0.1) is 0 Å². The lowest BCUT2D eigenvalue weighted by molar-refractivity contribution is -0.143. The van der Waals surface area contributed by atoms with Crippen LogP contribution in [0.5, 0.6) is 5.75 Å². The zero-order chi connectivity index (χ0) is 22.2. The quantitative estimate of drug-likeness (QED) is 0.378. The summed E-state index contributed by atoms with van der Waals surface area (Å²) in [4.78, 5) is 26.7. The third kappa shape index (κ3) is 4.06. The first-order valence-corrected chi connectivity index (χ1v) is 10.3. The maximum Gasteiger partial charge on any atom is 0.415 e. The van der Waals surface area contributed by atoms with E-state index in [4.69, 9.17) is 13.9 Å². The number of furan rings is 1. The zero-order valence-corrected chi connectivity index (χ0v) is 18.0. The Balaban J connectivity index is 1.72. The number of ether oxygens (including phenoxy) is 2. The minimum absolute atomic E-state index is 0.252. The van der Waals surface area contributed by atoms with E-state index in [9.17, 15) is 9.59 Å². The number of benzene rings is 2. The Hall–Kier alpha value is -3.54. The van der Waals surface area contributed by atoms with Gasteiger partial charge in [0, 0.05) is 10.9 Å². The minimum Gasteiger partial charge on any atom is -0.459 e. The summed E-state index contributed by atoms with van der Waals surface area (Å²) in [5.74, 6) is 0.739. The van der Waals surface area contributed by atoms with Gasteiger partial charge in [-0.1, -0.05) is 30.4 Å². The monoisotopic (exact) mass is 419 g/mol. The lowest BCUT2D eigenvalue weighted by Gasteiger charge is -2.32. The number of carbonyl (C=O) groups is 2. The lowest BCUT2D eigenvalue weighted by atomic mass is 9.97. The van der Waals surface area contributed by atoms with Gasteiger partial charge in [-0.05, 0) is 58.0 Å². The van der Waals surface area contributed by atoms with Crippen molar-refractivity contribution in [1.82, 2.24) is 0 Å². The molecule has 3 aromatic rings. The van der Waals surface area contributed by atoms with Gasteiger partial charge in [0.25, 0.3) is 0 Å². The minimum atomic E-state index is -0.616. The average Bonchev–Trinajstić information content (AvgIpc) is 3.16. The maximum atomic E-state index is 12.9. The molecule has 0 bridgehead atoms. The molecule has 0 fully saturated rings. The van der Waals surface area contributed by atoms with Gasteiger partial charge < -0.3 is 13.9 Å². The van der Waals surface area contributed by atoms with E-state index in [1.165, 1.54) is 0 Å². The van der Waals surface area contributed by atoms with Crippen molar-refractivity contribution >= 4 is 34.8 Å². The van der Waals surface area contributed by atoms with Crippen LogP contribution < -0.4 is 9.64 Å². The fourth-order valence-electron chi connectivity index (χ4n) is 3.42. The Bertz CT molecular complexity index is 1140. The summed E-state index contributed by atoms with van der Waals surface area (Å²) in [6.07, 6.45) is 3.31. The molecule has 0 saturated carbocycles. The van der Waals surface area contributed by atoms with Gasteiger partial charge in [0.1, 0.15) is 23.1 Å². The summed E-state index contributed by atoms with van der Waals surface area (Å²) < 4.78 is 16.9. The molecule has 0 aliphatic carbocycles. The molecule has 6 nitrogen and oxygen atoms in total. The smallest absolute Gasteiger partial charge is 0.415 e. The largest absolute Gasteiger partial charge is 0.459 e. The van der Waals surface area contributed by atoms with Crippen molar-refractivity contribution in [2.45, 2.75) is 33.7 Å². The summed E-state index contributed by atoms with van der Waals surface area (Å²) in [6, 6.07) is 14.4. The average molecular weight is 419 g/mol. The summed E-state index contributed by atoms with van der Waals surface area (Å²) in [5, 5.41) is 0.963. The Morgan fingerprint density at radius 1 is 1.10 bits per heavy atom. The van der Waals surface area contributed by atoms with E-state index in [1.54, 1.807) is 50.8 Å². The van der Waals surface area contributed by atoms with Crippen molar-refractivity contribution in [3.05, 3.63) is 65.9 Å². The molecule has 1 unspecified atom stereocenters. The highest BCUT2D eigenvalue weighted by Crippen LogP contribution is 2.40. The van der Waals surface area contributed by atoms with Crippen LogP contribution in [0.4, 0.5) is 10.5 Å². The Kier molecular flexibility index (Phi) is 5.31. The van der Waals surface area contributed by atoms with Gasteiger partial charge in [0.05, 0.1) is 17.7 Å². The number of nitrogens with zero attached hydrogens (tertiary/aromatic N) is 1. The first-order chi connectivity index (χ1) is 14.8. The van der Waals surface area contributed by atoms with Crippen LogP contribution in [0.15, 0.2) is 59.0 Å². The van der Waals surface area contributed by atoms with Gasteiger partial charge in [-0.25, -0.2) is 4.79 Å². The van der Waals surface area contributed by atoms with Crippen molar-refractivity contribution in [2.24, 2.45) is 5.41 Å². The molecule has 6 heteroatoms. The molecular formula is C25H25NO5. The van der Waals surface area contributed by atoms with Crippen LogP contribution in [0, 0.1) is 5.41 Å². The number of fused-ring (bicyclic) bond motifs is 2. The molecule has 31 heavy (non-hydrogen) atoms. The Morgan fingerprint density at radius 3 is 2.58 bits per heavy atom. The van der Waals surface area contributed by atoms with Gasteiger partial charge in [0.15, 0.2) is 0 Å². The van der Waals surface area contributed by atoms with Gasteiger partial charge in [-0.3, -0.25) is 9.69 Å². The van der Waals surface area contributed by atoms with Gasteiger partial charge >= 0.3 is 12.1 Å². The van der Waals surface area contributed by atoms with Crippen LogP contribution in [0.2, 0.25) is 0 Å². The van der Waals surface area contributed by atoms with Crippen LogP contribution in [0.1, 0.15) is 45.1 Å². The Morgan fingerprint density at radius 2 is 1.87 bits per heavy atom. The maximum absolute atomic E-state index is 12.9. The van der Waals surface area contributed by atoms with E-state index in [1.807, 2.05) is 42.5 Å². The summed E-state index contributed by atoms with van der Waals surface area (Å²) >= 11 is 0. The second-order valence-corrected chi connectivity index (χ2v) is 8.42. The molecule has 2 aromatic carbocycles. The third-order valence-electron chi connectivity index (χ3n) is 5.02. The van der Waals surface area contributed by atoms with Gasteiger partial charge in [0.2, 0.25) is 0 Å². The number of esters is 1. The van der Waals surface area contributed by atoms with Crippen molar-refractivity contribution in [1.29, 1.82) is 0 Å². The third-order valence-corrected chi connectivity index (χ3v) is 5.02. The summed E-state index contributed by atoms with van der Waals surface area (Å²) in [7, 11) is 0. The van der Waals surface area contributed by atoms with Crippen LogP contribution in [-0.4, -0.2) is 18.7 Å². The van der Waals surface area contributed by atoms with E-state index in [2.05, 4.69) is 0 Å². The summed E-state index contributed by atoms with van der Waals surface area (Å²) in [6.45, 7) is 7.42. The SMILES string of the molecule is CCOC(=O)N1c2ccc(OC(=O)C(C)(C)C)cc2C=CC1c1cc2ccccc2o1. The number of carbonyl (C=O) groups excluding carboxylic acids is 2. The second-order valence-electron chi connectivity index (χ2n) is 8.42. The zero-order valence-electron chi connectivity index (χ0n) is 18.0. The van der Waals surface area contributed by atoms with E-state index in [-0.39, 0.29) is 12.6 Å². The van der Waals surface area contributed by atoms with E-state index < -0.39 is 17.6 Å². The molecular weight excluding hydrogens is 394 g/mol. The lowest BCUT2D eigenvalue weighted by Crippen LogP contribution is -2.36. The summed E-state index contributed by atoms with van der Waals surface area (Å²) in [5.41, 5.74) is 1.54. The van der Waals surface area contributed by atoms with Crippen LogP contribution in [0.3, 0.4) is 0 Å². The second kappa shape index (κ2) is 7.95. The molecule has 0 N–H and O–H groups in total. The van der Waals surface area contributed by atoms with Crippen LogP contribution >= 0.6 is 0 Å². The molecule has 2 heterocycles. The number of para-hydroxylation sites is 1. The molecule has 1 aliphatic heterocycles. The Labute approximate surface area is 181 Å². The molecule has 4 rings (SSSR count). The van der Waals surface area contributed by atoms with E-state index in [0.717, 1.165) is 16.5 Å². The van der Waals surface area contributed by atoms with E-state index in [0.29, 0.717) is 17.2 Å². The normalized spacial score (nSPS) is 15.6. The first-order valence-electron chi connectivity index (χ1n) is 10.3. The van der Waals surface area contributed by atoms with Crippen molar-refractivity contribution in [3.63, 3.8) is 0 Å². The standard InChI is InChI=1S/C25H25NO5/c1-5-29-24(28)26-19-13-11-18(30-23(27)25(2,3)4)14-16(19)10-12-20(26)22-15-17-8-6-7-9-21(17)31-22/h6-15,20H,5H2,1-4H3. The van der Waals surface area contributed by atoms with Gasteiger partial charge in [-0.2, -0.15) is 0 Å². The number of rotatable bonds is 3. The predicted molar refractivity (Wildman–Crippen MR) is 119 cm³/mol.